The normalized spacial score (nSPS) is 17.5. The van der Waals surface area contributed by atoms with Crippen LogP contribution in [0.2, 0.25) is 0 Å². The van der Waals surface area contributed by atoms with E-state index in [0.717, 1.165) is 36.2 Å². The maximum atomic E-state index is 11.9. The summed E-state index contributed by atoms with van der Waals surface area (Å²) in [5.41, 5.74) is 3.64. The molecule has 2 aromatic rings. The van der Waals surface area contributed by atoms with Crippen LogP contribution in [0.3, 0.4) is 0 Å². The van der Waals surface area contributed by atoms with Gasteiger partial charge in [-0.25, -0.2) is 4.79 Å². The van der Waals surface area contributed by atoms with E-state index in [0.29, 0.717) is 31.9 Å². The predicted octanol–water partition coefficient (Wildman–Crippen LogP) is -0.213. The number of carboxylic acids is 1. The molecule has 0 amide bonds. The summed E-state index contributed by atoms with van der Waals surface area (Å²) in [5, 5.41) is 24.7. The molecular formula is C18H23LiN4O4. The van der Waals surface area contributed by atoms with E-state index in [1.165, 1.54) is 4.68 Å². The molecular weight excluding hydrogens is 343 g/mol. The standard InChI is InChI=1S/C18H22N4O4.Li.H/c23-13(10-21-5-7-26-8-6-21)11-22-17(18(24)25)15-2-1-12-9-19-4-3-14(12)16(15)20-22;;/h3-4,9,13,23H,1-2,5-8,10-11H2,(H,24,25);;. The van der Waals surface area contributed by atoms with Crippen LogP contribution in [0.5, 0.6) is 0 Å². The zero-order valence-corrected chi connectivity index (χ0v) is 14.5. The van der Waals surface area contributed by atoms with Crippen LogP contribution in [0, 0.1) is 0 Å². The Bertz CT molecular complexity index is 820. The van der Waals surface area contributed by atoms with Gasteiger partial charge in [-0.2, -0.15) is 5.10 Å². The third-order valence-corrected chi connectivity index (χ3v) is 5.01. The maximum absolute atomic E-state index is 11.9. The average Bonchev–Trinajstić information content (AvgIpc) is 3.01. The zero-order chi connectivity index (χ0) is 18.1. The van der Waals surface area contributed by atoms with Gasteiger partial charge in [0, 0.05) is 43.2 Å². The van der Waals surface area contributed by atoms with Crippen molar-refractivity contribution >= 4 is 24.8 Å². The molecule has 1 aliphatic carbocycles. The predicted molar refractivity (Wildman–Crippen MR) is 100 cm³/mol. The number of nitrogens with zero attached hydrogens (tertiary/aromatic N) is 4. The molecule has 2 N–H and O–H groups in total. The van der Waals surface area contributed by atoms with E-state index in [-0.39, 0.29) is 31.1 Å². The number of morpholine rings is 1. The molecule has 140 valence electrons. The molecule has 1 atom stereocenters. The van der Waals surface area contributed by atoms with Gasteiger partial charge in [0.2, 0.25) is 0 Å². The number of aromatic nitrogens is 3. The Morgan fingerprint density at radius 3 is 2.78 bits per heavy atom. The molecule has 0 bridgehead atoms. The van der Waals surface area contributed by atoms with Crippen LogP contribution in [-0.2, 0) is 24.1 Å². The SMILES string of the molecule is O=C(O)c1c2c(nn1CC(O)CN1CCOCC1)-c1ccncc1CC2.[LiH]. The van der Waals surface area contributed by atoms with Crippen molar-refractivity contribution in [3.63, 3.8) is 0 Å². The number of ether oxygens (including phenoxy) is 1. The Kier molecular flexibility index (Phi) is 6.35. The van der Waals surface area contributed by atoms with Gasteiger partial charge >= 0.3 is 24.8 Å². The Morgan fingerprint density at radius 1 is 1.26 bits per heavy atom. The summed E-state index contributed by atoms with van der Waals surface area (Å²) >= 11 is 0. The van der Waals surface area contributed by atoms with Crippen molar-refractivity contribution in [1.29, 1.82) is 0 Å². The van der Waals surface area contributed by atoms with Gasteiger partial charge in [-0.05, 0) is 24.5 Å². The van der Waals surface area contributed by atoms with E-state index in [9.17, 15) is 15.0 Å². The third-order valence-electron chi connectivity index (χ3n) is 5.01. The first kappa shape index (κ1) is 20.1. The molecule has 27 heavy (non-hydrogen) atoms. The van der Waals surface area contributed by atoms with Gasteiger partial charge in [-0.15, -0.1) is 0 Å². The number of carboxylic acid groups (broad SMARTS) is 1. The fourth-order valence-corrected chi connectivity index (χ4v) is 3.78. The second-order valence-electron chi connectivity index (χ2n) is 6.76. The minimum absolute atomic E-state index is 0. The summed E-state index contributed by atoms with van der Waals surface area (Å²) in [4.78, 5) is 18.1. The van der Waals surface area contributed by atoms with Crippen LogP contribution in [0.4, 0.5) is 0 Å². The number of aliphatic hydroxyl groups is 1. The van der Waals surface area contributed by atoms with Gasteiger partial charge in [-0.1, -0.05) is 0 Å². The molecule has 9 heteroatoms. The summed E-state index contributed by atoms with van der Waals surface area (Å²) in [5.74, 6) is -1.00. The first-order valence-electron chi connectivity index (χ1n) is 8.88. The number of fused-ring (bicyclic) bond motifs is 3. The summed E-state index contributed by atoms with van der Waals surface area (Å²) in [6.45, 7) is 3.51. The molecule has 0 aromatic carbocycles. The number of rotatable bonds is 5. The third kappa shape index (κ3) is 4.10. The monoisotopic (exact) mass is 366 g/mol. The van der Waals surface area contributed by atoms with Crippen molar-refractivity contribution in [2.45, 2.75) is 25.5 Å². The first-order valence-corrected chi connectivity index (χ1v) is 8.88. The van der Waals surface area contributed by atoms with Crippen molar-refractivity contribution in [2.24, 2.45) is 0 Å². The van der Waals surface area contributed by atoms with E-state index in [4.69, 9.17) is 4.74 Å². The molecule has 3 heterocycles. The molecule has 0 saturated carbocycles. The quantitative estimate of drug-likeness (QED) is 0.706. The molecule has 1 unspecified atom stereocenters. The number of hydrogen-bond acceptors (Lipinski definition) is 6. The van der Waals surface area contributed by atoms with Gasteiger partial charge in [0.25, 0.3) is 0 Å². The molecule has 0 radical (unpaired) electrons. The summed E-state index contributed by atoms with van der Waals surface area (Å²) in [6.07, 6.45) is 4.18. The van der Waals surface area contributed by atoms with Crippen LogP contribution in [0.15, 0.2) is 18.5 Å². The molecule has 1 fully saturated rings. The number of carbonyl (C=O) groups is 1. The summed E-state index contributed by atoms with van der Waals surface area (Å²) in [6, 6.07) is 1.88. The number of β-amino-alcohol motifs (C(OH)–C–C–N with tert-alkyl or cyclic N) is 1. The second-order valence-corrected chi connectivity index (χ2v) is 6.76. The van der Waals surface area contributed by atoms with Crippen molar-refractivity contribution in [3.05, 3.63) is 35.3 Å². The van der Waals surface area contributed by atoms with Gasteiger partial charge < -0.3 is 14.9 Å². The van der Waals surface area contributed by atoms with Gasteiger partial charge in [0.15, 0.2) is 0 Å². The molecule has 1 aliphatic heterocycles. The van der Waals surface area contributed by atoms with Gasteiger partial charge in [0.1, 0.15) is 5.69 Å². The van der Waals surface area contributed by atoms with Crippen LogP contribution >= 0.6 is 0 Å². The van der Waals surface area contributed by atoms with Crippen LogP contribution < -0.4 is 0 Å². The molecule has 2 aromatic heterocycles. The molecule has 4 rings (SSSR count). The second kappa shape index (κ2) is 8.55. The van der Waals surface area contributed by atoms with Crippen LogP contribution in [0.25, 0.3) is 11.3 Å². The summed E-state index contributed by atoms with van der Waals surface area (Å²) < 4.78 is 6.77. The van der Waals surface area contributed by atoms with Crippen molar-refractivity contribution in [2.75, 3.05) is 32.8 Å². The van der Waals surface area contributed by atoms with E-state index in [1.54, 1.807) is 6.20 Å². The minimum atomic E-state index is -1.00. The fourth-order valence-electron chi connectivity index (χ4n) is 3.78. The van der Waals surface area contributed by atoms with Crippen molar-refractivity contribution in [3.8, 4) is 11.3 Å². The van der Waals surface area contributed by atoms with Crippen molar-refractivity contribution < 1.29 is 19.7 Å². The van der Waals surface area contributed by atoms with E-state index >= 15 is 0 Å². The van der Waals surface area contributed by atoms with Gasteiger partial charge in [-0.3, -0.25) is 14.6 Å². The van der Waals surface area contributed by atoms with Crippen LogP contribution in [-0.4, -0.2) is 93.7 Å². The Labute approximate surface area is 169 Å². The van der Waals surface area contributed by atoms with Crippen molar-refractivity contribution in [1.82, 2.24) is 19.7 Å². The fraction of sp³-hybridized carbons (Fsp3) is 0.500. The molecule has 0 spiro atoms. The van der Waals surface area contributed by atoms with E-state index in [1.807, 2.05) is 12.3 Å². The number of hydrogen-bond donors (Lipinski definition) is 2. The Morgan fingerprint density at radius 2 is 2.04 bits per heavy atom. The number of aliphatic hydroxyl groups excluding tert-OH is 1. The zero-order valence-electron chi connectivity index (χ0n) is 14.5. The average molecular weight is 366 g/mol. The first-order chi connectivity index (χ1) is 12.6. The number of aromatic carboxylic acids is 1. The van der Waals surface area contributed by atoms with Gasteiger partial charge in [0.05, 0.1) is 31.6 Å². The Hall–Kier alpha value is -1.69. The molecule has 2 aliphatic rings. The Balaban J connectivity index is 0.00000210. The molecule has 1 saturated heterocycles. The van der Waals surface area contributed by atoms with Crippen LogP contribution in [0.1, 0.15) is 21.6 Å². The number of pyridine rings is 1. The number of aryl methyl sites for hydroxylation is 1. The van der Waals surface area contributed by atoms with E-state index < -0.39 is 12.1 Å². The van der Waals surface area contributed by atoms with E-state index in [2.05, 4.69) is 15.0 Å². The molecule has 8 nitrogen and oxygen atoms in total. The summed E-state index contributed by atoms with van der Waals surface area (Å²) in [7, 11) is 0. The topological polar surface area (TPSA) is 101 Å².